The lowest BCUT2D eigenvalue weighted by Crippen LogP contribution is -2.35. The van der Waals surface area contributed by atoms with E-state index in [1.807, 2.05) is 18.2 Å². The molecule has 3 heteroatoms. The average Bonchev–Trinajstić information content (AvgIpc) is 2.35. The van der Waals surface area contributed by atoms with Crippen LogP contribution in [0.1, 0.15) is 25.3 Å². The Hall–Kier alpha value is -1.35. The van der Waals surface area contributed by atoms with Gasteiger partial charge in [-0.05, 0) is 18.4 Å². The summed E-state index contributed by atoms with van der Waals surface area (Å²) < 4.78 is 4.58. The molecule has 0 amide bonds. The molecule has 0 bridgehead atoms. The molecular formula is C13H19NO2. The molecule has 0 aliphatic heterocycles. The van der Waals surface area contributed by atoms with E-state index in [1.54, 1.807) is 0 Å². The van der Waals surface area contributed by atoms with Crippen molar-refractivity contribution in [1.29, 1.82) is 0 Å². The zero-order valence-corrected chi connectivity index (χ0v) is 10.1. The highest BCUT2D eigenvalue weighted by Crippen LogP contribution is 2.18. The van der Waals surface area contributed by atoms with Crippen LogP contribution in [0, 0.1) is 0 Å². The number of ether oxygens (including phenoxy) is 1. The number of rotatable bonds is 5. The molecule has 1 N–H and O–H groups in total. The minimum absolute atomic E-state index is 0.230. The molecule has 88 valence electrons. The Balaban J connectivity index is 2.48. The van der Waals surface area contributed by atoms with Gasteiger partial charge in [-0.1, -0.05) is 37.3 Å². The van der Waals surface area contributed by atoms with Crippen LogP contribution in [0.15, 0.2) is 30.3 Å². The van der Waals surface area contributed by atoms with Crippen molar-refractivity contribution in [2.75, 3.05) is 13.7 Å². The number of benzene rings is 1. The predicted molar refractivity (Wildman–Crippen MR) is 64.3 cm³/mol. The van der Waals surface area contributed by atoms with Crippen molar-refractivity contribution in [2.45, 2.75) is 25.8 Å². The number of methoxy groups -OCH3 is 1. The molecule has 0 heterocycles. The van der Waals surface area contributed by atoms with E-state index in [9.17, 15) is 4.79 Å². The van der Waals surface area contributed by atoms with Crippen LogP contribution in [0.3, 0.4) is 0 Å². The van der Waals surface area contributed by atoms with Gasteiger partial charge in [0.1, 0.15) is 0 Å². The molecule has 0 aliphatic carbocycles. The van der Waals surface area contributed by atoms with Crippen LogP contribution in [0.5, 0.6) is 0 Å². The van der Waals surface area contributed by atoms with Crippen molar-refractivity contribution in [2.24, 2.45) is 0 Å². The van der Waals surface area contributed by atoms with Gasteiger partial charge in [0.2, 0.25) is 0 Å². The van der Waals surface area contributed by atoms with Crippen LogP contribution in [-0.2, 0) is 9.53 Å². The minimum Gasteiger partial charge on any atom is -0.468 e. The van der Waals surface area contributed by atoms with Crippen LogP contribution in [0.2, 0.25) is 0 Å². The summed E-state index contributed by atoms with van der Waals surface area (Å²) in [7, 11) is 1.40. The first kappa shape index (κ1) is 12.7. The summed E-state index contributed by atoms with van der Waals surface area (Å²) in [6.45, 7) is 4.47. The molecular weight excluding hydrogens is 202 g/mol. The maximum atomic E-state index is 11.0. The number of hydrogen-bond acceptors (Lipinski definition) is 3. The normalized spacial score (nSPS) is 14.2. The number of hydrogen-bond donors (Lipinski definition) is 1. The SMILES string of the molecule is COC(=O)CN[C@@H](C)[C@@H](C)c1ccccc1. The van der Waals surface area contributed by atoms with E-state index in [4.69, 9.17) is 0 Å². The van der Waals surface area contributed by atoms with E-state index >= 15 is 0 Å². The van der Waals surface area contributed by atoms with E-state index in [0.29, 0.717) is 5.92 Å². The van der Waals surface area contributed by atoms with Crippen LogP contribution >= 0.6 is 0 Å². The van der Waals surface area contributed by atoms with Crippen molar-refractivity contribution >= 4 is 5.97 Å². The van der Waals surface area contributed by atoms with E-state index < -0.39 is 0 Å². The lowest BCUT2D eigenvalue weighted by atomic mass is 9.94. The van der Waals surface area contributed by atoms with Gasteiger partial charge in [0, 0.05) is 6.04 Å². The van der Waals surface area contributed by atoms with Gasteiger partial charge < -0.3 is 10.1 Å². The van der Waals surface area contributed by atoms with Gasteiger partial charge in [0.15, 0.2) is 0 Å². The van der Waals surface area contributed by atoms with Crippen molar-refractivity contribution in [1.82, 2.24) is 5.32 Å². The van der Waals surface area contributed by atoms with Crippen molar-refractivity contribution in [3.8, 4) is 0 Å². The monoisotopic (exact) mass is 221 g/mol. The molecule has 0 unspecified atom stereocenters. The van der Waals surface area contributed by atoms with Crippen molar-refractivity contribution < 1.29 is 9.53 Å². The maximum absolute atomic E-state index is 11.0. The molecule has 2 atom stereocenters. The molecule has 0 fully saturated rings. The van der Waals surface area contributed by atoms with Gasteiger partial charge in [0.25, 0.3) is 0 Å². The second kappa shape index (κ2) is 6.28. The molecule has 0 radical (unpaired) electrons. The Labute approximate surface area is 96.8 Å². The third-order valence-electron chi connectivity index (χ3n) is 2.87. The maximum Gasteiger partial charge on any atom is 0.319 e. The van der Waals surface area contributed by atoms with Crippen LogP contribution < -0.4 is 5.32 Å². The number of carbonyl (C=O) groups is 1. The van der Waals surface area contributed by atoms with Crippen LogP contribution in [-0.4, -0.2) is 25.7 Å². The zero-order valence-electron chi connectivity index (χ0n) is 10.1. The molecule has 0 saturated carbocycles. The van der Waals surface area contributed by atoms with Gasteiger partial charge in [-0.2, -0.15) is 0 Å². The predicted octanol–water partition coefficient (Wildman–Crippen LogP) is 1.94. The fourth-order valence-corrected chi connectivity index (χ4v) is 1.54. The summed E-state index contributed by atoms with van der Waals surface area (Å²) >= 11 is 0. The van der Waals surface area contributed by atoms with E-state index in [-0.39, 0.29) is 18.6 Å². The highest BCUT2D eigenvalue weighted by Gasteiger charge is 2.14. The average molecular weight is 221 g/mol. The topological polar surface area (TPSA) is 38.3 Å². The second-order valence-corrected chi connectivity index (χ2v) is 3.95. The molecule has 0 saturated heterocycles. The second-order valence-electron chi connectivity index (χ2n) is 3.95. The minimum atomic E-state index is -0.230. The first-order chi connectivity index (χ1) is 7.65. The van der Waals surface area contributed by atoms with Gasteiger partial charge in [-0.15, -0.1) is 0 Å². The van der Waals surface area contributed by atoms with Crippen molar-refractivity contribution in [3.63, 3.8) is 0 Å². The largest absolute Gasteiger partial charge is 0.468 e. The summed E-state index contributed by atoms with van der Waals surface area (Å²) in [4.78, 5) is 11.0. The summed E-state index contributed by atoms with van der Waals surface area (Å²) in [5.74, 6) is 0.137. The van der Waals surface area contributed by atoms with E-state index in [1.165, 1.54) is 12.7 Å². The Bertz CT molecular complexity index is 324. The fourth-order valence-electron chi connectivity index (χ4n) is 1.54. The van der Waals surface area contributed by atoms with Crippen LogP contribution in [0.4, 0.5) is 0 Å². The first-order valence-electron chi connectivity index (χ1n) is 5.50. The lowest BCUT2D eigenvalue weighted by molar-refractivity contribution is -0.139. The first-order valence-corrected chi connectivity index (χ1v) is 5.50. The standard InChI is InChI=1S/C13H19NO2/c1-10(12-7-5-4-6-8-12)11(2)14-9-13(15)16-3/h4-8,10-11,14H,9H2,1-3H3/t10-,11+/m1/s1. The number of esters is 1. The Morgan fingerprint density at radius 3 is 2.50 bits per heavy atom. The highest BCUT2D eigenvalue weighted by atomic mass is 16.5. The van der Waals surface area contributed by atoms with Gasteiger partial charge in [-0.3, -0.25) is 4.79 Å². The molecule has 1 rings (SSSR count). The zero-order chi connectivity index (χ0) is 12.0. The molecule has 0 spiro atoms. The molecule has 1 aromatic carbocycles. The fraction of sp³-hybridized carbons (Fsp3) is 0.462. The summed E-state index contributed by atoms with van der Waals surface area (Å²) in [5.41, 5.74) is 1.27. The summed E-state index contributed by atoms with van der Waals surface area (Å²) in [5, 5.41) is 3.16. The van der Waals surface area contributed by atoms with E-state index in [0.717, 1.165) is 0 Å². The molecule has 1 aromatic rings. The molecule has 0 aliphatic rings. The van der Waals surface area contributed by atoms with Gasteiger partial charge in [0.05, 0.1) is 13.7 Å². The quantitative estimate of drug-likeness (QED) is 0.772. The van der Waals surface area contributed by atoms with Crippen LogP contribution in [0.25, 0.3) is 0 Å². The Morgan fingerprint density at radius 1 is 1.31 bits per heavy atom. The highest BCUT2D eigenvalue weighted by molar-refractivity contribution is 5.71. The molecule has 0 aromatic heterocycles. The van der Waals surface area contributed by atoms with Crippen molar-refractivity contribution in [3.05, 3.63) is 35.9 Å². The third kappa shape index (κ3) is 3.66. The molecule has 16 heavy (non-hydrogen) atoms. The summed E-state index contributed by atoms with van der Waals surface area (Å²) in [6.07, 6.45) is 0. The number of carbonyl (C=O) groups excluding carboxylic acids is 1. The van der Waals surface area contributed by atoms with Gasteiger partial charge in [-0.25, -0.2) is 0 Å². The van der Waals surface area contributed by atoms with Gasteiger partial charge >= 0.3 is 5.97 Å². The smallest absolute Gasteiger partial charge is 0.319 e. The lowest BCUT2D eigenvalue weighted by Gasteiger charge is -2.21. The molecule has 3 nitrogen and oxygen atoms in total. The Kier molecular flexibility index (Phi) is 4.99. The number of nitrogens with one attached hydrogen (secondary N) is 1. The third-order valence-corrected chi connectivity index (χ3v) is 2.87. The van der Waals surface area contributed by atoms with E-state index in [2.05, 4.69) is 36.0 Å². The Morgan fingerprint density at radius 2 is 1.94 bits per heavy atom. The summed E-state index contributed by atoms with van der Waals surface area (Å²) in [6, 6.07) is 10.5.